The molecular formula is C10H22ClN3O3S. The molecule has 0 aliphatic heterocycles. The number of amides is 1. The fraction of sp³-hybridized carbons (Fsp3) is 0.900. The number of nitrogens with one attached hydrogen (secondary N) is 3. The van der Waals surface area contributed by atoms with Gasteiger partial charge >= 0.3 is 0 Å². The predicted molar refractivity (Wildman–Crippen MR) is 73.3 cm³/mol. The molecule has 1 aliphatic rings. The summed E-state index contributed by atoms with van der Waals surface area (Å²) in [5.74, 6) is 0.713. The Hall–Kier alpha value is -0.370. The van der Waals surface area contributed by atoms with Gasteiger partial charge < -0.3 is 10.6 Å². The van der Waals surface area contributed by atoms with E-state index in [1.165, 1.54) is 12.8 Å². The number of hydrogen-bond acceptors (Lipinski definition) is 4. The van der Waals surface area contributed by atoms with Crippen LogP contribution in [0.1, 0.15) is 19.8 Å². The van der Waals surface area contributed by atoms with E-state index in [0.29, 0.717) is 13.1 Å². The van der Waals surface area contributed by atoms with Gasteiger partial charge in [-0.1, -0.05) is 0 Å². The van der Waals surface area contributed by atoms with Gasteiger partial charge in [0.15, 0.2) is 0 Å². The molecule has 108 valence electrons. The lowest BCUT2D eigenvalue weighted by molar-refractivity contribution is -0.120. The van der Waals surface area contributed by atoms with Crippen LogP contribution in [0.4, 0.5) is 0 Å². The van der Waals surface area contributed by atoms with Gasteiger partial charge in [0.05, 0.1) is 12.3 Å². The van der Waals surface area contributed by atoms with E-state index in [1.807, 2.05) is 0 Å². The fourth-order valence-corrected chi connectivity index (χ4v) is 1.90. The van der Waals surface area contributed by atoms with E-state index in [2.05, 4.69) is 15.4 Å². The molecule has 8 heteroatoms. The average Bonchev–Trinajstić information content (AvgIpc) is 3.08. The van der Waals surface area contributed by atoms with Crippen LogP contribution in [-0.2, 0) is 14.8 Å². The van der Waals surface area contributed by atoms with Gasteiger partial charge in [-0.3, -0.25) is 4.79 Å². The maximum absolute atomic E-state index is 11.3. The van der Waals surface area contributed by atoms with Gasteiger partial charge in [-0.05, 0) is 32.2 Å². The molecule has 0 atom stereocenters. The maximum atomic E-state index is 11.3. The minimum atomic E-state index is -3.15. The predicted octanol–water partition coefficient (Wildman–Crippen LogP) is -0.537. The van der Waals surface area contributed by atoms with Crippen molar-refractivity contribution in [3.8, 4) is 0 Å². The summed E-state index contributed by atoms with van der Waals surface area (Å²) in [6.45, 7) is 3.34. The summed E-state index contributed by atoms with van der Waals surface area (Å²) < 4.78 is 24.5. The van der Waals surface area contributed by atoms with Crippen molar-refractivity contribution >= 4 is 28.3 Å². The zero-order chi connectivity index (χ0) is 12.7. The first kappa shape index (κ1) is 17.6. The first-order chi connectivity index (χ1) is 8.03. The Morgan fingerprint density at radius 3 is 2.50 bits per heavy atom. The molecule has 1 amide bonds. The van der Waals surface area contributed by atoms with E-state index in [0.717, 1.165) is 12.5 Å². The second kappa shape index (κ2) is 8.68. The molecule has 0 unspecified atom stereocenters. The van der Waals surface area contributed by atoms with Crippen LogP contribution in [0.15, 0.2) is 0 Å². The SMILES string of the molecule is CCS(=O)(=O)NCCNC(=O)CNCC1CC1.Cl. The van der Waals surface area contributed by atoms with Gasteiger partial charge in [-0.2, -0.15) is 0 Å². The Balaban J connectivity index is 0.00000289. The highest BCUT2D eigenvalue weighted by molar-refractivity contribution is 7.89. The summed E-state index contributed by atoms with van der Waals surface area (Å²) in [5, 5.41) is 5.71. The van der Waals surface area contributed by atoms with E-state index < -0.39 is 10.0 Å². The standard InChI is InChI=1S/C10H21N3O3S.ClH/c1-2-17(15,16)13-6-5-12-10(14)8-11-7-9-3-4-9;/h9,11,13H,2-8H2,1H3,(H,12,14);1H. The van der Waals surface area contributed by atoms with Gasteiger partial charge in [0, 0.05) is 13.1 Å². The largest absolute Gasteiger partial charge is 0.354 e. The van der Waals surface area contributed by atoms with Crippen LogP contribution >= 0.6 is 12.4 Å². The van der Waals surface area contributed by atoms with Gasteiger partial charge in [0.25, 0.3) is 0 Å². The molecule has 0 aromatic rings. The smallest absolute Gasteiger partial charge is 0.234 e. The summed E-state index contributed by atoms with van der Waals surface area (Å²) in [7, 11) is -3.15. The van der Waals surface area contributed by atoms with E-state index in [4.69, 9.17) is 0 Å². The quantitative estimate of drug-likeness (QED) is 0.499. The maximum Gasteiger partial charge on any atom is 0.234 e. The van der Waals surface area contributed by atoms with Gasteiger partial charge in [0.1, 0.15) is 0 Å². The molecule has 3 N–H and O–H groups in total. The molecular weight excluding hydrogens is 278 g/mol. The topological polar surface area (TPSA) is 87.3 Å². The lowest BCUT2D eigenvalue weighted by atomic mass is 10.4. The number of halogens is 1. The molecule has 0 spiro atoms. The van der Waals surface area contributed by atoms with Crippen molar-refractivity contribution in [2.75, 3.05) is 31.9 Å². The van der Waals surface area contributed by atoms with E-state index in [1.54, 1.807) is 6.92 Å². The monoisotopic (exact) mass is 299 g/mol. The Bertz CT molecular complexity index is 344. The van der Waals surface area contributed by atoms with Crippen molar-refractivity contribution < 1.29 is 13.2 Å². The summed E-state index contributed by atoms with van der Waals surface area (Å²) >= 11 is 0. The van der Waals surface area contributed by atoms with Crippen LogP contribution in [0.5, 0.6) is 0 Å². The first-order valence-electron chi connectivity index (χ1n) is 5.98. The molecule has 6 nitrogen and oxygen atoms in total. The number of carbonyl (C=O) groups excluding carboxylic acids is 1. The average molecular weight is 300 g/mol. The number of carbonyl (C=O) groups is 1. The highest BCUT2D eigenvalue weighted by Gasteiger charge is 2.20. The molecule has 0 heterocycles. The van der Waals surface area contributed by atoms with Crippen LogP contribution < -0.4 is 15.4 Å². The van der Waals surface area contributed by atoms with Crippen molar-refractivity contribution in [1.29, 1.82) is 0 Å². The number of rotatable bonds is 9. The third kappa shape index (κ3) is 8.68. The van der Waals surface area contributed by atoms with Crippen molar-refractivity contribution in [3.63, 3.8) is 0 Å². The molecule has 0 bridgehead atoms. The van der Waals surface area contributed by atoms with Crippen LogP contribution in [-0.4, -0.2) is 46.3 Å². The minimum Gasteiger partial charge on any atom is -0.354 e. The van der Waals surface area contributed by atoms with Gasteiger partial charge in [-0.25, -0.2) is 13.1 Å². The van der Waals surface area contributed by atoms with Crippen molar-refractivity contribution in [3.05, 3.63) is 0 Å². The second-order valence-electron chi connectivity index (χ2n) is 4.22. The van der Waals surface area contributed by atoms with E-state index >= 15 is 0 Å². The summed E-state index contributed by atoms with van der Waals surface area (Å²) in [4.78, 5) is 11.3. The molecule has 0 aromatic carbocycles. The van der Waals surface area contributed by atoms with Crippen LogP contribution in [0, 0.1) is 5.92 Å². The van der Waals surface area contributed by atoms with Crippen LogP contribution in [0.2, 0.25) is 0 Å². The zero-order valence-corrected chi connectivity index (χ0v) is 12.2. The minimum absolute atomic E-state index is 0. The number of sulfonamides is 1. The van der Waals surface area contributed by atoms with Gasteiger partial charge in [0.2, 0.25) is 15.9 Å². The van der Waals surface area contributed by atoms with Gasteiger partial charge in [-0.15, -0.1) is 12.4 Å². The van der Waals surface area contributed by atoms with Crippen molar-refractivity contribution in [1.82, 2.24) is 15.4 Å². The lowest BCUT2D eigenvalue weighted by Gasteiger charge is -2.07. The van der Waals surface area contributed by atoms with Crippen LogP contribution in [0.25, 0.3) is 0 Å². The third-order valence-corrected chi connectivity index (χ3v) is 3.97. The van der Waals surface area contributed by atoms with E-state index in [9.17, 15) is 13.2 Å². The molecule has 0 radical (unpaired) electrons. The fourth-order valence-electron chi connectivity index (χ4n) is 1.28. The van der Waals surface area contributed by atoms with Crippen LogP contribution in [0.3, 0.4) is 0 Å². The molecule has 0 saturated heterocycles. The molecule has 1 rings (SSSR count). The normalized spacial score (nSPS) is 14.9. The third-order valence-electron chi connectivity index (χ3n) is 2.56. The molecule has 1 saturated carbocycles. The Morgan fingerprint density at radius 1 is 1.28 bits per heavy atom. The second-order valence-corrected chi connectivity index (χ2v) is 6.32. The highest BCUT2D eigenvalue weighted by Crippen LogP contribution is 2.27. The molecule has 0 aromatic heterocycles. The summed E-state index contributed by atoms with van der Waals surface area (Å²) in [6.07, 6.45) is 2.51. The molecule has 1 aliphatic carbocycles. The molecule has 1 fully saturated rings. The highest BCUT2D eigenvalue weighted by atomic mass is 35.5. The summed E-state index contributed by atoms with van der Waals surface area (Å²) in [6, 6.07) is 0. The van der Waals surface area contributed by atoms with E-state index in [-0.39, 0.29) is 30.6 Å². The Kier molecular flexibility index (Phi) is 8.51. The number of hydrogen-bond donors (Lipinski definition) is 3. The summed E-state index contributed by atoms with van der Waals surface area (Å²) in [5.41, 5.74) is 0. The van der Waals surface area contributed by atoms with Crippen molar-refractivity contribution in [2.24, 2.45) is 5.92 Å². The molecule has 18 heavy (non-hydrogen) atoms. The zero-order valence-electron chi connectivity index (χ0n) is 10.6. The Morgan fingerprint density at radius 2 is 1.94 bits per heavy atom. The lowest BCUT2D eigenvalue weighted by Crippen LogP contribution is -2.39. The first-order valence-corrected chi connectivity index (χ1v) is 7.63. The van der Waals surface area contributed by atoms with Crippen molar-refractivity contribution in [2.45, 2.75) is 19.8 Å². The Labute approximate surface area is 115 Å².